The molecule has 0 saturated carbocycles. The zero-order valence-corrected chi connectivity index (χ0v) is 10.2. The average Bonchev–Trinajstić information content (AvgIpc) is 2.60. The molecule has 3 nitrogen and oxygen atoms in total. The van der Waals surface area contributed by atoms with Crippen LogP contribution in [-0.2, 0) is 0 Å². The third-order valence-electron chi connectivity index (χ3n) is 3.16. The van der Waals surface area contributed by atoms with Gasteiger partial charge in [0, 0.05) is 13.1 Å². The molecule has 1 fully saturated rings. The molecule has 1 aromatic heterocycles. The summed E-state index contributed by atoms with van der Waals surface area (Å²) in [5.74, 6) is 0.462. The first-order valence-electron chi connectivity index (χ1n) is 6.42. The average molecular weight is 237 g/mol. The van der Waals surface area contributed by atoms with Crippen molar-refractivity contribution in [1.82, 2.24) is 9.88 Å². The number of halogens is 1. The normalized spacial score (nSPS) is 17.7. The zero-order chi connectivity index (χ0) is 11.9. The number of pyridine rings is 1. The minimum absolute atomic E-state index is 0.289. The van der Waals surface area contributed by atoms with Crippen LogP contribution in [0.5, 0.6) is 0 Å². The molecule has 1 aromatic rings. The topological polar surface area (TPSA) is 28.2 Å². The van der Waals surface area contributed by atoms with E-state index >= 15 is 0 Å². The summed E-state index contributed by atoms with van der Waals surface area (Å²) in [6.07, 6.45) is 6.60. The Morgan fingerprint density at radius 3 is 2.59 bits per heavy atom. The van der Waals surface area contributed by atoms with Crippen LogP contribution in [0.3, 0.4) is 0 Å². The Balaban J connectivity index is 1.69. The highest BCUT2D eigenvalue weighted by Crippen LogP contribution is 2.09. The monoisotopic (exact) mass is 237 g/mol. The van der Waals surface area contributed by atoms with Gasteiger partial charge in [-0.2, -0.15) is 0 Å². The van der Waals surface area contributed by atoms with Crippen LogP contribution < -0.4 is 5.32 Å². The molecule has 17 heavy (non-hydrogen) atoms. The Hall–Kier alpha value is -1.16. The Morgan fingerprint density at radius 1 is 1.18 bits per heavy atom. The molecule has 4 heteroatoms. The van der Waals surface area contributed by atoms with E-state index in [0.29, 0.717) is 0 Å². The molecule has 0 spiro atoms. The third-order valence-corrected chi connectivity index (χ3v) is 3.16. The number of nitrogens with zero attached hydrogens (tertiary/aromatic N) is 2. The summed E-state index contributed by atoms with van der Waals surface area (Å²) in [7, 11) is 0. The van der Waals surface area contributed by atoms with Gasteiger partial charge in [-0.1, -0.05) is 12.8 Å². The summed E-state index contributed by atoms with van der Waals surface area (Å²) >= 11 is 0. The van der Waals surface area contributed by atoms with E-state index in [-0.39, 0.29) is 5.82 Å². The molecule has 2 rings (SSSR count). The van der Waals surface area contributed by atoms with Gasteiger partial charge in [-0.25, -0.2) is 9.37 Å². The molecule has 1 N–H and O–H groups in total. The van der Waals surface area contributed by atoms with Gasteiger partial charge >= 0.3 is 0 Å². The van der Waals surface area contributed by atoms with E-state index in [4.69, 9.17) is 0 Å². The number of anilines is 1. The zero-order valence-electron chi connectivity index (χ0n) is 10.2. The summed E-state index contributed by atoms with van der Waals surface area (Å²) in [4.78, 5) is 6.46. The Bertz CT molecular complexity index is 318. The number of aromatic nitrogens is 1. The number of nitrogens with one attached hydrogen (secondary N) is 1. The summed E-state index contributed by atoms with van der Waals surface area (Å²) in [6, 6.07) is 3.11. The summed E-state index contributed by atoms with van der Waals surface area (Å²) in [5.41, 5.74) is 0. The second-order valence-electron chi connectivity index (χ2n) is 4.54. The van der Waals surface area contributed by atoms with Gasteiger partial charge in [0.25, 0.3) is 0 Å². The fourth-order valence-corrected chi connectivity index (χ4v) is 2.18. The standard InChI is InChI=1S/C13H20FN3/c14-12-5-6-13(16-11-12)15-7-10-17-8-3-1-2-4-9-17/h5-6,11H,1-4,7-10H2,(H,15,16). The van der Waals surface area contributed by atoms with Crippen LogP contribution in [0.15, 0.2) is 18.3 Å². The van der Waals surface area contributed by atoms with Crippen molar-refractivity contribution in [2.24, 2.45) is 0 Å². The third kappa shape index (κ3) is 4.30. The van der Waals surface area contributed by atoms with Crippen LogP contribution in [0, 0.1) is 5.82 Å². The van der Waals surface area contributed by atoms with Crippen molar-refractivity contribution in [1.29, 1.82) is 0 Å². The van der Waals surface area contributed by atoms with Gasteiger partial charge in [0.1, 0.15) is 11.6 Å². The summed E-state index contributed by atoms with van der Waals surface area (Å²) in [5, 5.41) is 3.22. The molecule has 1 saturated heterocycles. The van der Waals surface area contributed by atoms with E-state index in [0.717, 1.165) is 18.9 Å². The van der Waals surface area contributed by atoms with Gasteiger partial charge in [0.15, 0.2) is 0 Å². The van der Waals surface area contributed by atoms with Gasteiger partial charge in [0.05, 0.1) is 6.20 Å². The lowest BCUT2D eigenvalue weighted by Crippen LogP contribution is -2.30. The first-order chi connectivity index (χ1) is 8.34. The van der Waals surface area contributed by atoms with E-state index in [9.17, 15) is 4.39 Å². The lowest BCUT2D eigenvalue weighted by atomic mass is 10.2. The quantitative estimate of drug-likeness (QED) is 0.872. The SMILES string of the molecule is Fc1ccc(NCCN2CCCCCC2)nc1. The number of hydrogen-bond acceptors (Lipinski definition) is 3. The van der Waals surface area contributed by atoms with E-state index in [1.54, 1.807) is 6.07 Å². The Morgan fingerprint density at radius 2 is 1.94 bits per heavy atom. The molecule has 0 radical (unpaired) electrons. The van der Waals surface area contributed by atoms with Crippen LogP contribution in [0.4, 0.5) is 10.2 Å². The highest BCUT2D eigenvalue weighted by atomic mass is 19.1. The van der Waals surface area contributed by atoms with Crippen molar-refractivity contribution < 1.29 is 4.39 Å². The molecule has 2 heterocycles. The van der Waals surface area contributed by atoms with Gasteiger partial charge in [-0.3, -0.25) is 0 Å². The van der Waals surface area contributed by atoms with Crippen molar-refractivity contribution in [3.05, 3.63) is 24.1 Å². The Kier molecular flexibility index (Phi) is 4.74. The van der Waals surface area contributed by atoms with Crippen LogP contribution in [0.2, 0.25) is 0 Å². The van der Waals surface area contributed by atoms with E-state index < -0.39 is 0 Å². The smallest absolute Gasteiger partial charge is 0.141 e. The molecule has 0 atom stereocenters. The summed E-state index contributed by atoms with van der Waals surface area (Å²) in [6.45, 7) is 4.33. The van der Waals surface area contributed by atoms with Crippen LogP contribution >= 0.6 is 0 Å². The van der Waals surface area contributed by atoms with E-state index in [1.165, 1.54) is 51.0 Å². The van der Waals surface area contributed by atoms with Gasteiger partial charge in [0.2, 0.25) is 0 Å². The molecule has 0 aliphatic carbocycles. The van der Waals surface area contributed by atoms with Gasteiger partial charge < -0.3 is 10.2 Å². The molecular weight excluding hydrogens is 217 g/mol. The second kappa shape index (κ2) is 6.55. The van der Waals surface area contributed by atoms with Crippen molar-refractivity contribution in [2.75, 3.05) is 31.5 Å². The predicted octanol–water partition coefficient (Wildman–Crippen LogP) is 2.51. The highest BCUT2D eigenvalue weighted by molar-refractivity contribution is 5.33. The predicted molar refractivity (Wildman–Crippen MR) is 67.6 cm³/mol. The largest absolute Gasteiger partial charge is 0.369 e. The molecule has 0 bridgehead atoms. The number of hydrogen-bond donors (Lipinski definition) is 1. The van der Waals surface area contributed by atoms with Crippen molar-refractivity contribution in [3.8, 4) is 0 Å². The molecule has 0 unspecified atom stereocenters. The van der Waals surface area contributed by atoms with Crippen LogP contribution in [0.25, 0.3) is 0 Å². The minimum atomic E-state index is -0.289. The first-order valence-corrected chi connectivity index (χ1v) is 6.42. The van der Waals surface area contributed by atoms with Crippen LogP contribution in [0.1, 0.15) is 25.7 Å². The molecule has 1 aliphatic rings. The molecule has 1 aliphatic heterocycles. The maximum absolute atomic E-state index is 12.6. The molecule has 0 amide bonds. The van der Waals surface area contributed by atoms with Crippen molar-refractivity contribution >= 4 is 5.82 Å². The van der Waals surface area contributed by atoms with Crippen molar-refractivity contribution in [3.63, 3.8) is 0 Å². The summed E-state index contributed by atoms with van der Waals surface area (Å²) < 4.78 is 12.6. The fraction of sp³-hybridized carbons (Fsp3) is 0.615. The maximum Gasteiger partial charge on any atom is 0.141 e. The fourth-order valence-electron chi connectivity index (χ4n) is 2.18. The highest BCUT2D eigenvalue weighted by Gasteiger charge is 2.07. The number of rotatable bonds is 4. The van der Waals surface area contributed by atoms with Crippen LogP contribution in [-0.4, -0.2) is 36.1 Å². The molecule has 94 valence electrons. The van der Waals surface area contributed by atoms with E-state index in [2.05, 4.69) is 15.2 Å². The first kappa shape index (κ1) is 12.3. The van der Waals surface area contributed by atoms with Crippen molar-refractivity contribution in [2.45, 2.75) is 25.7 Å². The lowest BCUT2D eigenvalue weighted by molar-refractivity contribution is 0.296. The Labute approximate surface area is 102 Å². The van der Waals surface area contributed by atoms with Gasteiger partial charge in [-0.05, 0) is 38.1 Å². The lowest BCUT2D eigenvalue weighted by Gasteiger charge is -2.19. The van der Waals surface area contributed by atoms with Gasteiger partial charge in [-0.15, -0.1) is 0 Å². The molecule has 0 aromatic carbocycles. The maximum atomic E-state index is 12.6. The number of likely N-dealkylation sites (tertiary alicyclic amines) is 1. The van der Waals surface area contributed by atoms with E-state index in [1.807, 2.05) is 0 Å². The second-order valence-corrected chi connectivity index (χ2v) is 4.54. The molecular formula is C13H20FN3. The minimum Gasteiger partial charge on any atom is -0.369 e.